The van der Waals surface area contributed by atoms with Crippen LogP contribution in [0.15, 0.2) is 30.5 Å². The number of aliphatic carboxylic acids is 1. The summed E-state index contributed by atoms with van der Waals surface area (Å²) in [4.78, 5) is 49.0. The maximum atomic E-state index is 12.2. The number of hydroxylamine groups is 1. The van der Waals surface area contributed by atoms with E-state index in [1.54, 1.807) is 24.3 Å². The number of hydrogen-bond donors (Lipinski definition) is 5. The molecule has 0 unspecified atom stereocenters. The van der Waals surface area contributed by atoms with Crippen molar-refractivity contribution in [3.63, 3.8) is 0 Å². The summed E-state index contributed by atoms with van der Waals surface area (Å²) in [5.74, 6) is -4.60. The van der Waals surface area contributed by atoms with Crippen molar-refractivity contribution in [3.8, 4) is 0 Å². The molecule has 0 fully saturated rings. The maximum absolute atomic E-state index is 12.2. The second-order valence-corrected chi connectivity index (χ2v) is 4.68. The highest BCUT2D eigenvalue weighted by Crippen LogP contribution is 2.18. The van der Waals surface area contributed by atoms with E-state index in [4.69, 9.17) is 10.3 Å². The number of para-hydroxylation sites is 1. The third-order valence-corrected chi connectivity index (χ3v) is 3.16. The molecule has 0 saturated carbocycles. The van der Waals surface area contributed by atoms with Crippen LogP contribution in [0.3, 0.4) is 0 Å². The Hall–Kier alpha value is -3.20. The van der Waals surface area contributed by atoms with Gasteiger partial charge in [-0.1, -0.05) is 18.2 Å². The van der Waals surface area contributed by atoms with Crippen LogP contribution >= 0.6 is 0 Å². The lowest BCUT2D eigenvalue weighted by Crippen LogP contribution is -2.46. The molecule has 1 heterocycles. The summed E-state index contributed by atoms with van der Waals surface area (Å²) in [5, 5.41) is 19.8. The molecule has 5 N–H and O–H groups in total. The number of rotatable bonds is 6. The molecule has 1 aromatic heterocycles. The predicted molar refractivity (Wildman–Crippen MR) is 76.7 cm³/mol. The summed E-state index contributed by atoms with van der Waals surface area (Å²) < 4.78 is 0. The minimum atomic E-state index is -1.64. The predicted octanol–water partition coefficient (Wildman–Crippen LogP) is -0.185. The highest BCUT2D eigenvalue weighted by Gasteiger charge is 2.27. The summed E-state index contributed by atoms with van der Waals surface area (Å²) >= 11 is 0. The second kappa shape index (κ2) is 6.71. The van der Waals surface area contributed by atoms with Crippen LogP contribution in [-0.4, -0.2) is 44.9 Å². The van der Waals surface area contributed by atoms with Crippen molar-refractivity contribution in [2.45, 2.75) is 12.5 Å². The number of Topliss-reactive ketones (excluding diaryl/α,β-unsaturated/α-hetero) is 1. The SMILES string of the molecule is O=C(C[C@H](NC(=O)C(=O)c1c[nH]c2ccccc12)C(=O)O)NO. The number of fused-ring (bicyclic) bond motifs is 1. The molecule has 0 saturated heterocycles. The molecule has 23 heavy (non-hydrogen) atoms. The van der Waals surface area contributed by atoms with Crippen LogP contribution in [-0.2, 0) is 14.4 Å². The highest BCUT2D eigenvalue weighted by atomic mass is 16.5. The van der Waals surface area contributed by atoms with Crippen LogP contribution in [0.4, 0.5) is 0 Å². The van der Waals surface area contributed by atoms with E-state index in [1.807, 2.05) is 5.32 Å². The quantitative estimate of drug-likeness (QED) is 0.216. The Morgan fingerprint density at radius 3 is 2.52 bits per heavy atom. The molecule has 9 nitrogen and oxygen atoms in total. The van der Waals surface area contributed by atoms with Crippen molar-refractivity contribution in [2.75, 3.05) is 0 Å². The van der Waals surface area contributed by atoms with Gasteiger partial charge in [0.05, 0.1) is 12.0 Å². The Bertz CT molecular complexity index is 782. The van der Waals surface area contributed by atoms with Gasteiger partial charge in [0.1, 0.15) is 6.04 Å². The van der Waals surface area contributed by atoms with Crippen LogP contribution in [0.25, 0.3) is 10.9 Å². The third-order valence-electron chi connectivity index (χ3n) is 3.16. The largest absolute Gasteiger partial charge is 0.480 e. The third kappa shape index (κ3) is 3.52. The Morgan fingerprint density at radius 1 is 1.17 bits per heavy atom. The van der Waals surface area contributed by atoms with E-state index in [2.05, 4.69) is 4.98 Å². The van der Waals surface area contributed by atoms with Crippen LogP contribution in [0.1, 0.15) is 16.8 Å². The topological polar surface area (TPSA) is 149 Å². The number of nitrogens with one attached hydrogen (secondary N) is 3. The van der Waals surface area contributed by atoms with Gasteiger partial charge in [-0.05, 0) is 6.07 Å². The van der Waals surface area contributed by atoms with Crippen LogP contribution < -0.4 is 10.8 Å². The number of aromatic amines is 1. The average Bonchev–Trinajstić information content (AvgIpc) is 2.97. The molecule has 2 aromatic rings. The minimum Gasteiger partial charge on any atom is -0.480 e. The number of ketones is 1. The van der Waals surface area contributed by atoms with E-state index in [0.717, 1.165) is 0 Å². The zero-order valence-corrected chi connectivity index (χ0v) is 11.7. The summed E-state index contributed by atoms with van der Waals surface area (Å²) in [6, 6.07) is 5.16. The number of carbonyl (C=O) groups is 4. The molecule has 2 amide bonds. The molecular formula is C14H13N3O6. The molecule has 9 heteroatoms. The van der Waals surface area contributed by atoms with Gasteiger partial charge < -0.3 is 15.4 Å². The number of hydrogen-bond acceptors (Lipinski definition) is 5. The fourth-order valence-corrected chi connectivity index (χ4v) is 2.04. The summed E-state index contributed by atoms with van der Waals surface area (Å²) in [5.41, 5.74) is 2.00. The van der Waals surface area contributed by atoms with Gasteiger partial charge >= 0.3 is 5.97 Å². The standard InChI is InChI=1S/C14H13N3O6/c18-11(17-23)5-10(14(21)22)16-13(20)12(19)8-6-15-9-4-2-1-3-7(8)9/h1-4,6,10,15,23H,5H2,(H,16,20)(H,17,18)(H,21,22)/t10-/m0/s1. The van der Waals surface area contributed by atoms with Crippen molar-refractivity contribution in [1.29, 1.82) is 0 Å². The van der Waals surface area contributed by atoms with Gasteiger partial charge in [0, 0.05) is 17.1 Å². The lowest BCUT2D eigenvalue weighted by atomic mass is 10.1. The second-order valence-electron chi connectivity index (χ2n) is 4.68. The zero-order valence-electron chi connectivity index (χ0n) is 11.7. The van der Waals surface area contributed by atoms with Crippen LogP contribution in [0.2, 0.25) is 0 Å². The first-order valence-electron chi connectivity index (χ1n) is 6.51. The van der Waals surface area contributed by atoms with Crippen molar-refractivity contribution in [1.82, 2.24) is 15.8 Å². The van der Waals surface area contributed by atoms with Crippen LogP contribution in [0.5, 0.6) is 0 Å². The normalized spacial score (nSPS) is 11.7. The van der Waals surface area contributed by atoms with Gasteiger partial charge in [-0.2, -0.15) is 0 Å². The Balaban J connectivity index is 2.17. The van der Waals surface area contributed by atoms with Gasteiger partial charge in [-0.25, -0.2) is 10.3 Å². The van der Waals surface area contributed by atoms with Crippen molar-refractivity contribution in [2.24, 2.45) is 0 Å². The Morgan fingerprint density at radius 2 is 1.87 bits per heavy atom. The number of carbonyl (C=O) groups excluding carboxylic acids is 3. The molecule has 0 radical (unpaired) electrons. The highest BCUT2D eigenvalue weighted by molar-refractivity contribution is 6.45. The molecule has 0 aliphatic heterocycles. The summed E-state index contributed by atoms with van der Waals surface area (Å²) in [6.07, 6.45) is 0.640. The Labute approximate surface area is 129 Å². The van der Waals surface area contributed by atoms with Gasteiger partial charge in [0.2, 0.25) is 5.91 Å². The van der Waals surface area contributed by atoms with Gasteiger partial charge in [-0.15, -0.1) is 0 Å². The first-order valence-corrected chi connectivity index (χ1v) is 6.51. The molecule has 0 aliphatic rings. The number of carboxylic acid groups (broad SMARTS) is 1. The van der Waals surface area contributed by atoms with E-state index >= 15 is 0 Å². The number of aromatic nitrogens is 1. The first-order chi connectivity index (χ1) is 10.9. The molecule has 2 rings (SSSR count). The summed E-state index contributed by atoms with van der Waals surface area (Å²) in [7, 11) is 0. The molecular weight excluding hydrogens is 306 g/mol. The van der Waals surface area contributed by atoms with Crippen molar-refractivity contribution >= 4 is 34.5 Å². The fraction of sp³-hybridized carbons (Fsp3) is 0.143. The molecule has 0 aliphatic carbocycles. The van der Waals surface area contributed by atoms with E-state index in [-0.39, 0.29) is 5.56 Å². The number of H-pyrrole nitrogens is 1. The smallest absolute Gasteiger partial charge is 0.326 e. The van der Waals surface area contributed by atoms with Crippen molar-refractivity contribution < 1.29 is 29.5 Å². The van der Waals surface area contributed by atoms with Gasteiger partial charge in [0.25, 0.3) is 11.7 Å². The van der Waals surface area contributed by atoms with Crippen LogP contribution in [0, 0.1) is 0 Å². The van der Waals surface area contributed by atoms with E-state index in [1.165, 1.54) is 11.7 Å². The number of carboxylic acids is 1. The van der Waals surface area contributed by atoms with E-state index < -0.39 is 36.0 Å². The Kier molecular flexibility index (Phi) is 4.72. The molecule has 120 valence electrons. The minimum absolute atomic E-state index is 0.0915. The molecule has 1 aromatic carbocycles. The van der Waals surface area contributed by atoms with Crippen molar-refractivity contribution in [3.05, 3.63) is 36.0 Å². The lowest BCUT2D eigenvalue weighted by Gasteiger charge is -2.12. The van der Waals surface area contributed by atoms with E-state index in [0.29, 0.717) is 10.9 Å². The first kappa shape index (κ1) is 16.2. The molecule has 0 spiro atoms. The number of benzene rings is 1. The van der Waals surface area contributed by atoms with Gasteiger partial charge in [0.15, 0.2) is 0 Å². The maximum Gasteiger partial charge on any atom is 0.326 e. The zero-order chi connectivity index (χ0) is 17.0. The lowest BCUT2D eigenvalue weighted by molar-refractivity contribution is -0.144. The summed E-state index contributed by atoms with van der Waals surface area (Å²) in [6.45, 7) is 0. The monoisotopic (exact) mass is 319 g/mol. The molecule has 1 atom stereocenters. The molecule has 0 bridgehead atoms. The fourth-order valence-electron chi connectivity index (χ4n) is 2.04. The van der Waals surface area contributed by atoms with E-state index in [9.17, 15) is 19.2 Å². The van der Waals surface area contributed by atoms with Gasteiger partial charge in [-0.3, -0.25) is 19.6 Å². The number of amides is 2. The average molecular weight is 319 g/mol.